The van der Waals surface area contributed by atoms with Crippen molar-refractivity contribution < 1.29 is 18.0 Å². The molecule has 0 aliphatic carbocycles. The highest BCUT2D eigenvalue weighted by Gasteiger charge is 2.30. The van der Waals surface area contributed by atoms with Gasteiger partial charge in [-0.05, 0) is 36.1 Å². The molecule has 0 heterocycles. The van der Waals surface area contributed by atoms with Crippen LogP contribution in [0.2, 0.25) is 0 Å². The number of rotatable bonds is 4. The number of benzene rings is 1. The molecule has 0 radical (unpaired) electrons. The molecule has 1 unspecified atom stereocenters. The van der Waals surface area contributed by atoms with Crippen LogP contribution >= 0.6 is 0 Å². The van der Waals surface area contributed by atoms with Crippen LogP contribution < -0.4 is 11.1 Å². The molecule has 0 aliphatic rings. The molecular weight excluding hydrogens is 281 g/mol. The summed E-state index contributed by atoms with van der Waals surface area (Å²) in [7, 11) is 0. The van der Waals surface area contributed by atoms with Crippen molar-refractivity contribution in [2.24, 2.45) is 11.1 Å². The number of amides is 1. The fraction of sp³-hybridized carbons (Fsp3) is 0.533. The summed E-state index contributed by atoms with van der Waals surface area (Å²) in [6.07, 6.45) is -3.66. The molecule has 1 rings (SSSR count). The van der Waals surface area contributed by atoms with Crippen molar-refractivity contribution in [2.45, 2.75) is 39.4 Å². The maximum absolute atomic E-state index is 12.4. The van der Waals surface area contributed by atoms with Gasteiger partial charge in [0.25, 0.3) is 5.91 Å². The van der Waals surface area contributed by atoms with Crippen LogP contribution in [0.5, 0.6) is 0 Å². The summed E-state index contributed by atoms with van der Waals surface area (Å²) in [5.41, 5.74) is 5.37. The summed E-state index contributed by atoms with van der Waals surface area (Å²) >= 11 is 0. The predicted molar refractivity (Wildman–Crippen MR) is 75.8 cm³/mol. The fourth-order valence-corrected chi connectivity index (χ4v) is 2.00. The van der Waals surface area contributed by atoms with E-state index in [1.165, 1.54) is 0 Å². The third-order valence-corrected chi connectivity index (χ3v) is 2.87. The van der Waals surface area contributed by atoms with Gasteiger partial charge in [-0.1, -0.05) is 20.8 Å². The summed E-state index contributed by atoms with van der Waals surface area (Å²) < 4.78 is 37.2. The molecule has 1 aromatic carbocycles. The zero-order valence-electron chi connectivity index (χ0n) is 12.4. The number of nitrogens with two attached hydrogens (primary N) is 1. The van der Waals surface area contributed by atoms with Crippen LogP contribution in [0.1, 0.15) is 43.1 Å². The van der Waals surface area contributed by atoms with Crippen LogP contribution in [0.15, 0.2) is 24.3 Å². The van der Waals surface area contributed by atoms with Crippen LogP contribution in [0.3, 0.4) is 0 Å². The standard InChI is InChI=1S/C15H21F3N2O/c1-14(2,3)8-12(19)9-20-13(21)10-4-6-11(7-5-10)15(16,17)18/h4-7,12H,8-9,19H2,1-3H3,(H,20,21). The predicted octanol–water partition coefficient (Wildman–Crippen LogP) is 3.20. The summed E-state index contributed by atoms with van der Waals surface area (Å²) in [4.78, 5) is 11.8. The van der Waals surface area contributed by atoms with E-state index in [4.69, 9.17) is 5.73 Å². The van der Waals surface area contributed by atoms with Crippen molar-refractivity contribution in [1.29, 1.82) is 0 Å². The third-order valence-electron chi connectivity index (χ3n) is 2.87. The lowest BCUT2D eigenvalue weighted by molar-refractivity contribution is -0.137. The smallest absolute Gasteiger partial charge is 0.350 e. The molecule has 21 heavy (non-hydrogen) atoms. The van der Waals surface area contributed by atoms with Crippen LogP contribution in [0.4, 0.5) is 13.2 Å². The van der Waals surface area contributed by atoms with Crippen molar-refractivity contribution in [1.82, 2.24) is 5.32 Å². The maximum atomic E-state index is 12.4. The van der Waals surface area contributed by atoms with Gasteiger partial charge in [-0.3, -0.25) is 4.79 Å². The number of carbonyl (C=O) groups is 1. The zero-order chi connectivity index (χ0) is 16.3. The normalized spacial score (nSPS) is 13.9. The molecule has 0 fully saturated rings. The van der Waals surface area contributed by atoms with Crippen molar-refractivity contribution in [3.63, 3.8) is 0 Å². The molecule has 1 amide bonds. The molecule has 0 aliphatic heterocycles. The minimum atomic E-state index is -4.40. The molecule has 3 nitrogen and oxygen atoms in total. The number of alkyl halides is 3. The summed E-state index contributed by atoms with van der Waals surface area (Å²) in [5.74, 6) is -0.423. The number of hydrogen-bond donors (Lipinski definition) is 2. The minimum absolute atomic E-state index is 0.0541. The molecule has 0 aromatic heterocycles. The van der Waals surface area contributed by atoms with Gasteiger partial charge in [-0.25, -0.2) is 0 Å². The lowest BCUT2D eigenvalue weighted by atomic mass is 9.88. The van der Waals surface area contributed by atoms with Gasteiger partial charge in [-0.15, -0.1) is 0 Å². The van der Waals surface area contributed by atoms with Crippen molar-refractivity contribution in [2.75, 3.05) is 6.54 Å². The van der Waals surface area contributed by atoms with Crippen LogP contribution in [-0.2, 0) is 6.18 Å². The van der Waals surface area contributed by atoms with Gasteiger partial charge in [0.15, 0.2) is 0 Å². The zero-order valence-corrected chi connectivity index (χ0v) is 12.4. The first-order valence-corrected chi connectivity index (χ1v) is 6.70. The Morgan fingerprint density at radius 1 is 1.19 bits per heavy atom. The SMILES string of the molecule is CC(C)(C)CC(N)CNC(=O)c1ccc(C(F)(F)F)cc1. The summed E-state index contributed by atoms with van der Waals surface area (Å²) in [6, 6.07) is 3.91. The first-order chi connectivity index (χ1) is 9.49. The van der Waals surface area contributed by atoms with Gasteiger partial charge in [0.05, 0.1) is 5.56 Å². The fourth-order valence-electron chi connectivity index (χ4n) is 2.00. The van der Waals surface area contributed by atoms with Crippen molar-refractivity contribution in [3.05, 3.63) is 35.4 Å². The highest BCUT2D eigenvalue weighted by atomic mass is 19.4. The van der Waals surface area contributed by atoms with E-state index in [-0.39, 0.29) is 23.6 Å². The molecule has 0 spiro atoms. The topological polar surface area (TPSA) is 55.1 Å². The largest absolute Gasteiger partial charge is 0.416 e. The molecule has 6 heteroatoms. The van der Waals surface area contributed by atoms with Gasteiger partial charge in [0, 0.05) is 18.2 Å². The van der Waals surface area contributed by atoms with Gasteiger partial charge < -0.3 is 11.1 Å². The van der Waals surface area contributed by atoms with Crippen LogP contribution in [0.25, 0.3) is 0 Å². The second-order valence-electron chi connectivity index (χ2n) is 6.31. The highest BCUT2D eigenvalue weighted by molar-refractivity contribution is 5.94. The third kappa shape index (κ3) is 6.16. The lowest BCUT2D eigenvalue weighted by Gasteiger charge is -2.23. The van der Waals surface area contributed by atoms with Crippen molar-refractivity contribution >= 4 is 5.91 Å². The average molecular weight is 302 g/mol. The van der Waals surface area contributed by atoms with E-state index in [1.807, 2.05) is 20.8 Å². The Morgan fingerprint density at radius 3 is 2.14 bits per heavy atom. The lowest BCUT2D eigenvalue weighted by Crippen LogP contribution is -2.39. The number of carbonyl (C=O) groups excluding carboxylic acids is 1. The van der Waals surface area contributed by atoms with Gasteiger partial charge >= 0.3 is 6.18 Å². The molecule has 0 saturated carbocycles. The maximum Gasteiger partial charge on any atom is 0.416 e. The second-order valence-corrected chi connectivity index (χ2v) is 6.31. The van der Waals surface area contributed by atoms with E-state index in [2.05, 4.69) is 5.32 Å². The molecule has 1 aromatic rings. The minimum Gasteiger partial charge on any atom is -0.350 e. The van der Waals surface area contributed by atoms with E-state index >= 15 is 0 Å². The first kappa shape index (κ1) is 17.5. The number of nitrogens with one attached hydrogen (secondary N) is 1. The van der Waals surface area contributed by atoms with Crippen LogP contribution in [-0.4, -0.2) is 18.5 Å². The molecule has 0 saturated heterocycles. The molecule has 118 valence electrons. The summed E-state index contributed by atoms with van der Waals surface area (Å²) in [6.45, 7) is 6.43. The molecule has 1 atom stereocenters. The van der Waals surface area contributed by atoms with Gasteiger partial charge in [0.2, 0.25) is 0 Å². The Balaban J connectivity index is 2.57. The van der Waals surface area contributed by atoms with Crippen molar-refractivity contribution in [3.8, 4) is 0 Å². The molecular formula is C15H21F3N2O. The van der Waals surface area contributed by atoms with Gasteiger partial charge in [-0.2, -0.15) is 13.2 Å². The Labute approximate surface area is 122 Å². The Bertz CT molecular complexity index is 475. The van der Waals surface area contributed by atoms with E-state index in [1.54, 1.807) is 0 Å². The highest BCUT2D eigenvalue weighted by Crippen LogP contribution is 2.29. The molecule has 3 N–H and O–H groups in total. The van der Waals surface area contributed by atoms with E-state index in [0.717, 1.165) is 30.7 Å². The second kappa shape index (κ2) is 6.47. The monoisotopic (exact) mass is 302 g/mol. The van der Waals surface area contributed by atoms with E-state index in [0.29, 0.717) is 0 Å². The first-order valence-electron chi connectivity index (χ1n) is 6.70. The van der Waals surface area contributed by atoms with E-state index < -0.39 is 17.6 Å². The average Bonchev–Trinajstić information content (AvgIpc) is 2.33. The number of halogens is 3. The van der Waals surface area contributed by atoms with Crippen LogP contribution in [0, 0.1) is 5.41 Å². The Hall–Kier alpha value is -1.56. The summed E-state index contributed by atoms with van der Waals surface area (Å²) in [5, 5.41) is 2.63. The Kier molecular flexibility index (Phi) is 5.39. The quantitative estimate of drug-likeness (QED) is 0.897. The molecule has 0 bridgehead atoms. The number of hydrogen-bond acceptors (Lipinski definition) is 2. The van der Waals surface area contributed by atoms with E-state index in [9.17, 15) is 18.0 Å². The Morgan fingerprint density at radius 2 is 1.71 bits per heavy atom. The van der Waals surface area contributed by atoms with Gasteiger partial charge in [0.1, 0.15) is 0 Å².